The first kappa shape index (κ1) is 13.5. The summed E-state index contributed by atoms with van der Waals surface area (Å²) in [5, 5.41) is 3.99. The Labute approximate surface area is 107 Å². The van der Waals surface area contributed by atoms with Gasteiger partial charge in [-0.2, -0.15) is 4.98 Å². The Bertz CT molecular complexity index is 397. The predicted octanol–water partition coefficient (Wildman–Crippen LogP) is 1.31. The minimum atomic E-state index is -0.564. The molecule has 18 heavy (non-hydrogen) atoms. The van der Waals surface area contributed by atoms with Gasteiger partial charge in [0, 0.05) is 19.8 Å². The van der Waals surface area contributed by atoms with E-state index in [1.165, 1.54) is 0 Å². The van der Waals surface area contributed by atoms with E-state index in [2.05, 4.69) is 10.1 Å². The van der Waals surface area contributed by atoms with Crippen molar-refractivity contribution in [2.75, 3.05) is 19.8 Å². The average Bonchev–Trinajstić information content (AvgIpc) is 2.80. The van der Waals surface area contributed by atoms with Crippen LogP contribution in [0.25, 0.3) is 0 Å². The second-order valence-electron chi connectivity index (χ2n) is 5.13. The highest BCUT2D eigenvalue weighted by molar-refractivity contribution is 5.06. The van der Waals surface area contributed by atoms with Gasteiger partial charge in [-0.1, -0.05) is 5.16 Å². The summed E-state index contributed by atoms with van der Waals surface area (Å²) >= 11 is 0. The van der Waals surface area contributed by atoms with Gasteiger partial charge >= 0.3 is 0 Å². The Hall–Kier alpha value is -0.980. The Morgan fingerprint density at radius 3 is 2.67 bits per heavy atom. The van der Waals surface area contributed by atoms with Crippen LogP contribution in [-0.4, -0.2) is 30.0 Å². The van der Waals surface area contributed by atoms with Crippen molar-refractivity contribution < 1.29 is 14.0 Å². The first-order valence-corrected chi connectivity index (χ1v) is 6.33. The molecule has 1 aliphatic heterocycles. The molecular formula is C12H21N3O3. The summed E-state index contributed by atoms with van der Waals surface area (Å²) in [5.41, 5.74) is 5.17. The van der Waals surface area contributed by atoms with Gasteiger partial charge < -0.3 is 19.7 Å². The molecule has 1 fully saturated rings. The van der Waals surface area contributed by atoms with Crippen LogP contribution >= 0.6 is 0 Å². The molecule has 0 radical (unpaired) electrons. The molecule has 1 saturated heterocycles. The van der Waals surface area contributed by atoms with Crippen molar-refractivity contribution in [3.63, 3.8) is 0 Å². The van der Waals surface area contributed by atoms with E-state index < -0.39 is 11.1 Å². The first-order valence-electron chi connectivity index (χ1n) is 6.33. The number of nitrogens with two attached hydrogens (primary N) is 1. The molecule has 1 aliphatic rings. The minimum Gasteiger partial charge on any atom is -0.381 e. The van der Waals surface area contributed by atoms with Gasteiger partial charge in [0.25, 0.3) is 0 Å². The Morgan fingerprint density at radius 2 is 2.06 bits per heavy atom. The van der Waals surface area contributed by atoms with Gasteiger partial charge in [-0.3, -0.25) is 0 Å². The summed E-state index contributed by atoms with van der Waals surface area (Å²) in [5.74, 6) is 1.02. The second kappa shape index (κ2) is 4.95. The molecule has 2 rings (SSSR count). The van der Waals surface area contributed by atoms with Crippen LogP contribution in [0.4, 0.5) is 0 Å². The van der Waals surface area contributed by atoms with Crippen molar-refractivity contribution in [1.29, 1.82) is 0 Å². The van der Waals surface area contributed by atoms with Gasteiger partial charge in [0.2, 0.25) is 11.7 Å². The normalized spacial score (nSPS) is 20.0. The minimum absolute atomic E-state index is 0.480. The Morgan fingerprint density at radius 1 is 1.39 bits per heavy atom. The van der Waals surface area contributed by atoms with E-state index in [-0.39, 0.29) is 0 Å². The summed E-state index contributed by atoms with van der Waals surface area (Å²) in [6, 6.07) is 0. The zero-order chi connectivity index (χ0) is 13.2. The van der Waals surface area contributed by atoms with Crippen LogP contribution in [0.5, 0.6) is 0 Å². The fourth-order valence-electron chi connectivity index (χ4n) is 2.05. The maximum atomic E-state index is 6.29. The maximum absolute atomic E-state index is 6.29. The third kappa shape index (κ3) is 2.55. The highest BCUT2D eigenvalue weighted by atomic mass is 16.5. The second-order valence-corrected chi connectivity index (χ2v) is 5.13. The molecule has 0 saturated carbocycles. The van der Waals surface area contributed by atoms with Crippen molar-refractivity contribution in [2.24, 2.45) is 5.73 Å². The predicted molar refractivity (Wildman–Crippen MR) is 64.9 cm³/mol. The molecule has 6 nitrogen and oxygen atoms in total. The molecule has 0 aromatic carbocycles. The van der Waals surface area contributed by atoms with E-state index >= 15 is 0 Å². The van der Waals surface area contributed by atoms with E-state index in [4.69, 9.17) is 19.7 Å². The third-order valence-electron chi connectivity index (χ3n) is 3.28. The van der Waals surface area contributed by atoms with Gasteiger partial charge in [-0.05, 0) is 33.6 Å². The summed E-state index contributed by atoms with van der Waals surface area (Å²) in [7, 11) is 0. The maximum Gasteiger partial charge on any atom is 0.247 e. The number of aromatic nitrogens is 2. The van der Waals surface area contributed by atoms with Gasteiger partial charge in [-0.15, -0.1) is 0 Å². The van der Waals surface area contributed by atoms with Crippen LogP contribution < -0.4 is 5.73 Å². The zero-order valence-corrected chi connectivity index (χ0v) is 11.2. The highest BCUT2D eigenvalue weighted by Gasteiger charge is 2.37. The van der Waals surface area contributed by atoms with E-state index in [1.54, 1.807) is 0 Å². The Kier molecular flexibility index (Phi) is 3.70. The first-order chi connectivity index (χ1) is 8.48. The molecule has 0 atom stereocenters. The lowest BCUT2D eigenvalue weighted by Crippen LogP contribution is -2.42. The van der Waals surface area contributed by atoms with Crippen LogP contribution in [0.15, 0.2) is 4.52 Å². The SMILES string of the molecule is CCOC(C)(C)c1noc(C2(N)CCOCC2)n1. The summed E-state index contributed by atoms with van der Waals surface area (Å²) in [4.78, 5) is 4.41. The molecular weight excluding hydrogens is 234 g/mol. The van der Waals surface area contributed by atoms with Crippen LogP contribution in [-0.2, 0) is 20.6 Å². The van der Waals surface area contributed by atoms with E-state index in [0.717, 1.165) is 0 Å². The van der Waals surface area contributed by atoms with Crippen molar-refractivity contribution in [1.82, 2.24) is 10.1 Å². The molecule has 0 amide bonds. The largest absolute Gasteiger partial charge is 0.381 e. The topological polar surface area (TPSA) is 83.4 Å². The lowest BCUT2D eigenvalue weighted by atomic mass is 9.91. The van der Waals surface area contributed by atoms with Crippen LogP contribution in [0.2, 0.25) is 0 Å². The standard InChI is InChI=1S/C12H21N3O3/c1-4-17-11(2,3)9-14-10(18-15-9)12(13)5-7-16-8-6-12/h4-8,13H2,1-3H3. The average molecular weight is 255 g/mol. The monoisotopic (exact) mass is 255 g/mol. The Balaban J connectivity index is 2.19. The molecule has 0 bridgehead atoms. The van der Waals surface area contributed by atoms with E-state index in [9.17, 15) is 0 Å². The molecule has 2 heterocycles. The molecule has 102 valence electrons. The third-order valence-corrected chi connectivity index (χ3v) is 3.28. The molecule has 2 N–H and O–H groups in total. The van der Waals surface area contributed by atoms with Crippen LogP contribution in [0.3, 0.4) is 0 Å². The zero-order valence-electron chi connectivity index (χ0n) is 11.2. The molecule has 0 aliphatic carbocycles. The highest BCUT2D eigenvalue weighted by Crippen LogP contribution is 2.30. The summed E-state index contributed by atoms with van der Waals surface area (Å²) in [6.07, 6.45) is 1.40. The molecule has 0 spiro atoms. The van der Waals surface area contributed by atoms with Gasteiger partial charge in [0.1, 0.15) is 11.1 Å². The van der Waals surface area contributed by atoms with Crippen LogP contribution in [0.1, 0.15) is 45.3 Å². The van der Waals surface area contributed by atoms with Crippen LogP contribution in [0, 0.1) is 0 Å². The van der Waals surface area contributed by atoms with Crippen molar-refractivity contribution >= 4 is 0 Å². The summed E-state index contributed by atoms with van der Waals surface area (Å²) in [6.45, 7) is 7.62. The van der Waals surface area contributed by atoms with Gasteiger partial charge in [0.15, 0.2) is 0 Å². The lowest BCUT2D eigenvalue weighted by molar-refractivity contribution is -0.0221. The fraction of sp³-hybridized carbons (Fsp3) is 0.833. The number of hydrogen-bond donors (Lipinski definition) is 1. The fourth-order valence-corrected chi connectivity index (χ4v) is 2.05. The number of hydrogen-bond acceptors (Lipinski definition) is 6. The van der Waals surface area contributed by atoms with Crippen molar-refractivity contribution in [2.45, 2.75) is 44.8 Å². The number of nitrogens with zero attached hydrogens (tertiary/aromatic N) is 2. The molecule has 0 unspecified atom stereocenters. The number of rotatable bonds is 4. The van der Waals surface area contributed by atoms with E-state index in [0.29, 0.717) is 44.4 Å². The lowest BCUT2D eigenvalue weighted by Gasteiger charge is -2.29. The van der Waals surface area contributed by atoms with Crippen molar-refractivity contribution in [3.05, 3.63) is 11.7 Å². The number of ether oxygens (including phenoxy) is 2. The smallest absolute Gasteiger partial charge is 0.247 e. The van der Waals surface area contributed by atoms with Crippen molar-refractivity contribution in [3.8, 4) is 0 Å². The van der Waals surface area contributed by atoms with E-state index in [1.807, 2.05) is 20.8 Å². The van der Waals surface area contributed by atoms with Gasteiger partial charge in [0.05, 0.1) is 0 Å². The molecule has 1 aromatic rings. The molecule has 1 aromatic heterocycles. The quantitative estimate of drug-likeness (QED) is 0.873. The molecule has 6 heteroatoms. The van der Waals surface area contributed by atoms with Gasteiger partial charge in [-0.25, -0.2) is 0 Å². The summed E-state index contributed by atoms with van der Waals surface area (Å²) < 4.78 is 16.2.